The Morgan fingerprint density at radius 3 is 2.86 bits per heavy atom. The first-order valence-electron chi connectivity index (χ1n) is 6.71. The van der Waals surface area contributed by atoms with Crippen LogP contribution < -0.4 is 10.1 Å². The summed E-state index contributed by atoms with van der Waals surface area (Å²) >= 11 is 5.96. The van der Waals surface area contributed by atoms with Crippen LogP contribution in [-0.2, 0) is 6.54 Å². The topological polar surface area (TPSA) is 24.5 Å². The Morgan fingerprint density at radius 2 is 2.24 bits per heavy atom. The Labute approximate surface area is 135 Å². The summed E-state index contributed by atoms with van der Waals surface area (Å²) in [5, 5.41) is 3.52. The van der Waals surface area contributed by atoms with Gasteiger partial charge >= 0.3 is 6.61 Å². The van der Waals surface area contributed by atoms with Crippen LogP contribution in [0.1, 0.15) is 18.4 Å². The average molecular weight is 341 g/mol. The maximum absolute atomic E-state index is 12.2. The Kier molecular flexibility index (Phi) is 7.66. The van der Waals surface area contributed by atoms with Gasteiger partial charge in [-0.05, 0) is 44.1 Å². The van der Waals surface area contributed by atoms with E-state index in [0.717, 1.165) is 31.6 Å². The van der Waals surface area contributed by atoms with E-state index < -0.39 is 6.61 Å². The van der Waals surface area contributed by atoms with Crippen molar-refractivity contribution in [3.63, 3.8) is 0 Å². The average Bonchev–Trinajstić information content (AvgIpc) is 2.42. The van der Waals surface area contributed by atoms with E-state index in [1.165, 1.54) is 12.5 Å². The molecule has 0 spiro atoms. The largest absolute Gasteiger partial charge is 0.433 e. The van der Waals surface area contributed by atoms with Crippen molar-refractivity contribution in [3.05, 3.63) is 28.8 Å². The smallest absolute Gasteiger partial charge is 0.387 e. The number of nitrogens with one attached hydrogen (secondary N) is 1. The van der Waals surface area contributed by atoms with E-state index in [-0.39, 0.29) is 23.2 Å². The maximum Gasteiger partial charge on any atom is 0.387 e. The number of benzene rings is 1. The Morgan fingerprint density at radius 1 is 1.48 bits per heavy atom. The molecule has 3 nitrogen and oxygen atoms in total. The van der Waals surface area contributed by atoms with Gasteiger partial charge in [0.25, 0.3) is 0 Å². The van der Waals surface area contributed by atoms with Crippen LogP contribution in [0.5, 0.6) is 5.75 Å². The molecule has 1 fully saturated rings. The standard InChI is InChI=1S/C14H19ClF2N2O.ClH/c1-18-11-3-2-6-19(9-11)8-10-4-5-13(12(15)7-10)20-14(16)17;/h4-5,7,11,14,18H,2-3,6,8-9H2,1H3;1H. The van der Waals surface area contributed by atoms with Gasteiger partial charge in [0.1, 0.15) is 5.75 Å². The minimum atomic E-state index is -2.85. The van der Waals surface area contributed by atoms with Crippen molar-refractivity contribution in [2.45, 2.75) is 32.0 Å². The highest BCUT2D eigenvalue weighted by atomic mass is 35.5. The normalized spacial score (nSPS) is 19.4. The molecule has 120 valence electrons. The third-order valence-corrected chi connectivity index (χ3v) is 3.83. The third kappa shape index (κ3) is 5.58. The summed E-state index contributed by atoms with van der Waals surface area (Å²) in [6, 6.07) is 5.50. The number of hydrogen-bond donors (Lipinski definition) is 1. The number of rotatable bonds is 5. The minimum Gasteiger partial charge on any atom is -0.433 e. The summed E-state index contributed by atoms with van der Waals surface area (Å²) < 4.78 is 28.7. The quantitative estimate of drug-likeness (QED) is 0.887. The van der Waals surface area contributed by atoms with Crippen LogP contribution in [0.15, 0.2) is 18.2 Å². The predicted octanol–water partition coefficient (Wildman–Crippen LogP) is 3.55. The van der Waals surface area contributed by atoms with Gasteiger partial charge in [0.15, 0.2) is 0 Å². The van der Waals surface area contributed by atoms with Gasteiger partial charge in [-0.2, -0.15) is 8.78 Å². The first-order chi connectivity index (χ1) is 9.58. The number of halogens is 4. The highest BCUT2D eigenvalue weighted by molar-refractivity contribution is 6.32. The Bertz CT molecular complexity index is 449. The number of ether oxygens (including phenoxy) is 1. The molecule has 0 bridgehead atoms. The van der Waals surface area contributed by atoms with Crippen molar-refractivity contribution in [1.29, 1.82) is 0 Å². The van der Waals surface area contributed by atoms with E-state index in [9.17, 15) is 8.78 Å². The zero-order valence-electron chi connectivity index (χ0n) is 11.8. The molecule has 1 unspecified atom stereocenters. The number of likely N-dealkylation sites (tertiary alicyclic amines) is 1. The molecule has 2 rings (SSSR count). The summed E-state index contributed by atoms with van der Waals surface area (Å²) in [7, 11) is 1.97. The van der Waals surface area contributed by atoms with Gasteiger partial charge in [-0.1, -0.05) is 17.7 Å². The van der Waals surface area contributed by atoms with Crippen molar-refractivity contribution >= 4 is 24.0 Å². The molecule has 1 N–H and O–H groups in total. The molecule has 1 saturated heterocycles. The molecule has 0 saturated carbocycles. The highest BCUT2D eigenvalue weighted by Crippen LogP contribution is 2.27. The molecule has 0 amide bonds. The van der Waals surface area contributed by atoms with Crippen molar-refractivity contribution < 1.29 is 13.5 Å². The van der Waals surface area contributed by atoms with E-state index in [2.05, 4.69) is 15.0 Å². The minimum absolute atomic E-state index is 0. The van der Waals surface area contributed by atoms with Gasteiger partial charge in [-0.3, -0.25) is 4.90 Å². The first kappa shape index (κ1) is 18.4. The molecule has 0 aromatic heterocycles. The molecule has 1 aliphatic rings. The van der Waals surface area contributed by atoms with E-state index >= 15 is 0 Å². The van der Waals surface area contributed by atoms with Gasteiger partial charge in [-0.15, -0.1) is 12.4 Å². The first-order valence-corrected chi connectivity index (χ1v) is 7.09. The van der Waals surface area contributed by atoms with E-state index in [4.69, 9.17) is 11.6 Å². The molecule has 7 heteroatoms. The third-order valence-electron chi connectivity index (χ3n) is 3.53. The Balaban J connectivity index is 0.00000220. The number of piperidine rings is 1. The summed E-state index contributed by atoms with van der Waals surface area (Å²) in [5.41, 5.74) is 1.01. The SMILES string of the molecule is CNC1CCCN(Cc2ccc(OC(F)F)c(Cl)c2)C1.Cl. The van der Waals surface area contributed by atoms with Crippen LogP contribution in [0.4, 0.5) is 8.78 Å². The van der Waals surface area contributed by atoms with Crippen molar-refractivity contribution in [3.8, 4) is 5.75 Å². The van der Waals surface area contributed by atoms with Gasteiger partial charge in [0, 0.05) is 19.1 Å². The molecule has 0 radical (unpaired) electrons. The molecule has 1 aliphatic heterocycles. The monoisotopic (exact) mass is 340 g/mol. The highest BCUT2D eigenvalue weighted by Gasteiger charge is 2.18. The molecule has 21 heavy (non-hydrogen) atoms. The molecule has 0 aliphatic carbocycles. The number of nitrogens with zero attached hydrogens (tertiary/aromatic N) is 1. The fourth-order valence-electron chi connectivity index (χ4n) is 2.53. The molecule has 1 aromatic rings. The van der Waals surface area contributed by atoms with Crippen molar-refractivity contribution in [1.82, 2.24) is 10.2 Å². The van der Waals surface area contributed by atoms with Crippen LogP contribution in [0.25, 0.3) is 0 Å². The molecule has 1 atom stereocenters. The lowest BCUT2D eigenvalue weighted by Gasteiger charge is -2.32. The lowest BCUT2D eigenvalue weighted by atomic mass is 10.1. The number of likely N-dealkylation sites (N-methyl/N-ethyl adjacent to an activating group) is 1. The van der Waals surface area contributed by atoms with Crippen molar-refractivity contribution in [2.75, 3.05) is 20.1 Å². The molecule has 1 heterocycles. The van der Waals surface area contributed by atoms with Gasteiger partial charge in [0.05, 0.1) is 5.02 Å². The summed E-state index contributed by atoms with van der Waals surface area (Å²) in [6.07, 6.45) is 2.35. The lowest BCUT2D eigenvalue weighted by Crippen LogP contribution is -2.43. The number of hydrogen-bond acceptors (Lipinski definition) is 3. The summed E-state index contributed by atoms with van der Waals surface area (Å²) in [5.74, 6) is 0.0252. The fourth-order valence-corrected chi connectivity index (χ4v) is 2.77. The maximum atomic E-state index is 12.2. The summed E-state index contributed by atoms with van der Waals surface area (Å²) in [4.78, 5) is 2.34. The second-order valence-electron chi connectivity index (χ2n) is 5.01. The zero-order chi connectivity index (χ0) is 14.5. The van der Waals surface area contributed by atoms with Crippen LogP contribution in [0.2, 0.25) is 5.02 Å². The summed E-state index contributed by atoms with van der Waals surface area (Å²) in [6.45, 7) is -0.0433. The van der Waals surface area contributed by atoms with Gasteiger partial charge in [0.2, 0.25) is 0 Å². The second kappa shape index (κ2) is 8.73. The lowest BCUT2D eigenvalue weighted by molar-refractivity contribution is -0.0498. The Hall–Kier alpha value is -0.620. The van der Waals surface area contributed by atoms with Gasteiger partial charge < -0.3 is 10.1 Å². The van der Waals surface area contributed by atoms with Crippen LogP contribution >= 0.6 is 24.0 Å². The second-order valence-corrected chi connectivity index (χ2v) is 5.41. The number of alkyl halides is 2. The van der Waals surface area contributed by atoms with Crippen molar-refractivity contribution in [2.24, 2.45) is 0 Å². The molecule has 1 aromatic carbocycles. The zero-order valence-corrected chi connectivity index (χ0v) is 13.4. The van der Waals surface area contributed by atoms with E-state index in [0.29, 0.717) is 6.04 Å². The predicted molar refractivity (Wildman–Crippen MR) is 82.7 cm³/mol. The van der Waals surface area contributed by atoms with E-state index in [1.54, 1.807) is 12.1 Å². The van der Waals surface area contributed by atoms with Crippen LogP contribution in [-0.4, -0.2) is 37.7 Å². The van der Waals surface area contributed by atoms with E-state index in [1.807, 2.05) is 7.05 Å². The van der Waals surface area contributed by atoms with Gasteiger partial charge in [-0.25, -0.2) is 0 Å². The molecular formula is C14H20Cl2F2N2O. The van der Waals surface area contributed by atoms with Crippen LogP contribution in [0.3, 0.4) is 0 Å². The molecular weight excluding hydrogens is 321 g/mol. The van der Waals surface area contributed by atoms with Crippen LogP contribution in [0, 0.1) is 0 Å². The fraction of sp³-hybridized carbons (Fsp3) is 0.571.